The highest BCUT2D eigenvalue weighted by Gasteiger charge is 2.72. The third kappa shape index (κ3) is 5.71. The van der Waals surface area contributed by atoms with E-state index in [1.807, 2.05) is 0 Å². The van der Waals surface area contributed by atoms with Gasteiger partial charge in [0.15, 0.2) is 0 Å². The van der Waals surface area contributed by atoms with Crippen LogP contribution in [0, 0.1) is 24.7 Å². The number of hydrogen-bond donors (Lipinski definition) is 0. The molecular weight excluding hydrogens is 711 g/mol. The third-order valence-corrected chi connectivity index (χ3v) is 9.54. The second-order valence-corrected chi connectivity index (χ2v) is 12.8. The number of rotatable bonds is 7. The standard InChI is InChI=1S/C45H26F6N4/c1-3-29-15-19-31(20-16-29)41-52-37-27-33(23-25-39(37)54(41)35-11-7-5-8-12-35)43(46,44(47,48)45(49,50)51)34-24-26-40-38(28-34)53-42(32-21-17-30(4-2)18-22-32)55(40)36-13-9-6-10-14-36/h1-2,5-28H. The number of terminal acetylenes is 2. The second kappa shape index (κ2) is 13.1. The van der Waals surface area contributed by atoms with Gasteiger partial charge in [0.1, 0.15) is 11.6 Å². The monoisotopic (exact) mass is 736 g/mol. The fraction of sp³-hybridized carbons (Fsp3) is 0.0667. The number of nitrogens with zero attached hydrogens (tertiary/aromatic N) is 4. The summed E-state index contributed by atoms with van der Waals surface area (Å²) in [6, 6.07) is 37.9. The highest BCUT2D eigenvalue weighted by atomic mass is 19.4. The first kappa shape index (κ1) is 35.0. The molecule has 6 aromatic carbocycles. The minimum atomic E-state index is -6.29. The van der Waals surface area contributed by atoms with E-state index in [2.05, 4.69) is 21.8 Å². The van der Waals surface area contributed by atoms with Crippen LogP contribution in [-0.2, 0) is 5.67 Å². The normalized spacial score (nSPS) is 12.1. The van der Waals surface area contributed by atoms with Crippen molar-refractivity contribution < 1.29 is 26.3 Å². The molecule has 0 saturated heterocycles. The number of imidazole rings is 2. The molecule has 0 N–H and O–H groups in total. The Bertz CT molecular complexity index is 2610. The van der Waals surface area contributed by atoms with Gasteiger partial charge in [0.2, 0.25) is 5.67 Å². The van der Waals surface area contributed by atoms with Gasteiger partial charge in [-0.15, -0.1) is 12.8 Å². The maximum absolute atomic E-state index is 17.7. The predicted molar refractivity (Wildman–Crippen MR) is 202 cm³/mol. The summed E-state index contributed by atoms with van der Waals surface area (Å²) in [7, 11) is 0. The summed E-state index contributed by atoms with van der Waals surface area (Å²) in [6.07, 6.45) is 4.79. The summed E-state index contributed by atoms with van der Waals surface area (Å²) in [4.78, 5) is 9.32. The topological polar surface area (TPSA) is 35.6 Å². The average Bonchev–Trinajstić information content (AvgIpc) is 3.79. The smallest absolute Gasteiger partial charge is 0.292 e. The van der Waals surface area contributed by atoms with Crippen LogP contribution in [0.2, 0.25) is 0 Å². The molecule has 2 heterocycles. The lowest BCUT2D eigenvalue weighted by molar-refractivity contribution is -0.323. The van der Waals surface area contributed by atoms with Crippen LogP contribution in [0.15, 0.2) is 146 Å². The van der Waals surface area contributed by atoms with Gasteiger partial charge >= 0.3 is 12.1 Å². The van der Waals surface area contributed by atoms with E-state index in [0.29, 0.717) is 56.3 Å². The number of aromatic nitrogens is 4. The summed E-state index contributed by atoms with van der Waals surface area (Å²) >= 11 is 0. The average molecular weight is 737 g/mol. The van der Waals surface area contributed by atoms with Crippen molar-refractivity contribution >= 4 is 22.1 Å². The van der Waals surface area contributed by atoms with Crippen LogP contribution in [0.25, 0.3) is 56.2 Å². The number of fused-ring (bicyclic) bond motifs is 2. The lowest BCUT2D eigenvalue weighted by Crippen LogP contribution is -2.53. The Balaban J connectivity index is 1.35. The van der Waals surface area contributed by atoms with Gasteiger partial charge in [-0.1, -0.05) is 84.6 Å². The third-order valence-electron chi connectivity index (χ3n) is 9.54. The molecule has 0 atom stereocenters. The van der Waals surface area contributed by atoms with E-state index >= 15 is 13.2 Å². The minimum Gasteiger partial charge on any atom is -0.292 e. The molecule has 8 rings (SSSR count). The lowest BCUT2D eigenvalue weighted by Gasteiger charge is -2.35. The SMILES string of the molecule is C#Cc1ccc(-c2nc3cc(C(F)(c4ccc5c(c4)nc(-c4ccc(C#C)cc4)n5-c4ccccc4)C(F)(F)C(F)(F)F)ccc3n2-c2ccccc2)cc1. The van der Waals surface area contributed by atoms with Gasteiger partial charge in [0.05, 0.1) is 22.1 Å². The van der Waals surface area contributed by atoms with Gasteiger partial charge in [-0.2, -0.15) is 22.0 Å². The molecule has 55 heavy (non-hydrogen) atoms. The Kier molecular flexibility index (Phi) is 8.35. The molecule has 10 heteroatoms. The van der Waals surface area contributed by atoms with E-state index in [9.17, 15) is 13.2 Å². The van der Waals surface area contributed by atoms with Gasteiger partial charge < -0.3 is 0 Å². The number of benzene rings is 6. The highest BCUT2D eigenvalue weighted by molar-refractivity contribution is 5.86. The fourth-order valence-electron chi connectivity index (χ4n) is 6.81. The van der Waals surface area contributed by atoms with Crippen molar-refractivity contribution in [2.24, 2.45) is 0 Å². The van der Waals surface area contributed by atoms with Gasteiger partial charge in [0.25, 0.3) is 0 Å². The first-order chi connectivity index (χ1) is 26.4. The Labute approximate surface area is 311 Å². The molecule has 0 bridgehead atoms. The molecular formula is C45H26F6N4. The zero-order chi connectivity index (χ0) is 38.5. The van der Waals surface area contributed by atoms with E-state index < -0.39 is 28.9 Å². The molecule has 0 amide bonds. The van der Waals surface area contributed by atoms with Crippen LogP contribution in [0.5, 0.6) is 0 Å². The second-order valence-electron chi connectivity index (χ2n) is 12.8. The summed E-state index contributed by atoms with van der Waals surface area (Å²) in [5.74, 6) is -0.147. The number of para-hydroxylation sites is 2. The highest BCUT2D eigenvalue weighted by Crippen LogP contribution is 2.55. The van der Waals surface area contributed by atoms with Crippen LogP contribution in [0.4, 0.5) is 26.3 Å². The van der Waals surface area contributed by atoms with Crippen molar-refractivity contribution in [3.8, 4) is 58.8 Å². The van der Waals surface area contributed by atoms with Crippen LogP contribution >= 0.6 is 0 Å². The molecule has 0 aliphatic heterocycles. The maximum Gasteiger partial charge on any atom is 0.457 e. The largest absolute Gasteiger partial charge is 0.457 e. The number of halogens is 6. The molecule has 2 aromatic heterocycles. The summed E-state index contributed by atoms with van der Waals surface area (Å²) in [6.45, 7) is 0. The first-order valence-electron chi connectivity index (χ1n) is 16.9. The van der Waals surface area contributed by atoms with Gasteiger partial charge in [-0.05, 0) is 72.8 Å². The predicted octanol–water partition coefficient (Wildman–Crippen LogP) is 11.1. The molecule has 0 aliphatic rings. The molecule has 0 aliphatic carbocycles. The van der Waals surface area contributed by atoms with Crippen molar-refractivity contribution in [3.05, 3.63) is 168 Å². The van der Waals surface area contributed by atoms with Crippen molar-refractivity contribution in [1.29, 1.82) is 0 Å². The van der Waals surface area contributed by atoms with Crippen molar-refractivity contribution in [3.63, 3.8) is 0 Å². The Morgan fingerprint density at radius 2 is 0.855 bits per heavy atom. The molecule has 268 valence electrons. The first-order valence-corrected chi connectivity index (χ1v) is 16.9. The van der Waals surface area contributed by atoms with Crippen molar-refractivity contribution in [1.82, 2.24) is 19.1 Å². The Hall–Kier alpha value is -7.04. The van der Waals surface area contributed by atoms with E-state index in [0.717, 1.165) is 24.3 Å². The molecule has 4 nitrogen and oxygen atoms in total. The lowest BCUT2D eigenvalue weighted by atomic mass is 9.81. The maximum atomic E-state index is 17.7. The molecule has 8 aromatic rings. The van der Waals surface area contributed by atoms with Gasteiger partial charge in [-0.25, -0.2) is 14.4 Å². The van der Waals surface area contributed by atoms with Gasteiger partial charge in [-0.3, -0.25) is 9.13 Å². The minimum absolute atomic E-state index is 0.00971. The molecule has 0 unspecified atom stereocenters. The van der Waals surface area contributed by atoms with E-state index in [4.69, 9.17) is 12.8 Å². The molecule has 0 fully saturated rings. The zero-order valence-electron chi connectivity index (χ0n) is 28.6. The summed E-state index contributed by atoms with van der Waals surface area (Å²) < 4.78 is 96.2. The Morgan fingerprint density at radius 3 is 1.20 bits per heavy atom. The van der Waals surface area contributed by atoms with Gasteiger partial charge in [0, 0.05) is 44.8 Å². The van der Waals surface area contributed by atoms with Crippen LogP contribution < -0.4 is 0 Å². The summed E-state index contributed by atoms with van der Waals surface area (Å²) in [5, 5.41) is 0. The number of hydrogen-bond acceptors (Lipinski definition) is 2. The van der Waals surface area contributed by atoms with Crippen LogP contribution in [0.1, 0.15) is 22.3 Å². The molecule has 0 spiro atoms. The quantitative estimate of drug-likeness (QED) is 0.121. The van der Waals surface area contributed by atoms with Crippen molar-refractivity contribution in [2.75, 3.05) is 0 Å². The molecule has 0 radical (unpaired) electrons. The zero-order valence-corrected chi connectivity index (χ0v) is 28.6. The fourth-order valence-corrected chi connectivity index (χ4v) is 6.81. The number of alkyl halides is 6. The Morgan fingerprint density at radius 1 is 0.473 bits per heavy atom. The van der Waals surface area contributed by atoms with Crippen molar-refractivity contribution in [2.45, 2.75) is 17.8 Å². The van der Waals surface area contributed by atoms with Crippen LogP contribution in [-0.4, -0.2) is 31.2 Å². The van der Waals surface area contributed by atoms with E-state index in [-0.39, 0.29) is 11.0 Å². The van der Waals surface area contributed by atoms with E-state index in [1.54, 1.807) is 118 Å². The van der Waals surface area contributed by atoms with E-state index in [1.165, 1.54) is 12.1 Å². The van der Waals surface area contributed by atoms with Crippen LogP contribution in [0.3, 0.4) is 0 Å². The molecule has 0 saturated carbocycles. The summed E-state index contributed by atoms with van der Waals surface area (Å²) in [5.41, 5.74) is -2.00.